The van der Waals surface area contributed by atoms with Gasteiger partial charge in [0.2, 0.25) is 5.95 Å². The maximum Gasteiger partial charge on any atom is 0.416 e. The van der Waals surface area contributed by atoms with E-state index in [2.05, 4.69) is 15.6 Å². The molecule has 0 spiro atoms. The largest absolute Gasteiger partial charge is 0.416 e. The highest BCUT2D eigenvalue weighted by atomic mass is 19.4. The molecule has 0 radical (unpaired) electrons. The van der Waals surface area contributed by atoms with E-state index in [4.69, 9.17) is 0 Å². The van der Waals surface area contributed by atoms with Gasteiger partial charge in [0, 0.05) is 41.6 Å². The minimum absolute atomic E-state index is 0.000420. The van der Waals surface area contributed by atoms with Crippen molar-refractivity contribution in [2.24, 2.45) is 0 Å². The van der Waals surface area contributed by atoms with Crippen LogP contribution in [-0.4, -0.2) is 11.0 Å². The highest BCUT2D eigenvalue weighted by molar-refractivity contribution is 5.61. The molecule has 0 aliphatic carbocycles. The van der Waals surface area contributed by atoms with Crippen LogP contribution in [0.25, 0.3) is 11.3 Å². The number of benzene rings is 1. The van der Waals surface area contributed by atoms with Gasteiger partial charge in [0.15, 0.2) is 0 Å². The molecule has 1 unspecified atom stereocenters. The number of hydrogen-bond acceptors (Lipinski definition) is 3. The molecule has 3 rings (SSSR count). The zero-order valence-electron chi connectivity index (χ0n) is 15.7. The van der Waals surface area contributed by atoms with Crippen molar-refractivity contribution in [3.63, 3.8) is 0 Å². The lowest BCUT2D eigenvalue weighted by Gasteiger charge is -2.18. The number of rotatable bonds is 5. The van der Waals surface area contributed by atoms with Crippen molar-refractivity contribution in [3.8, 4) is 11.3 Å². The average molecular weight is 415 g/mol. The Kier molecular flexibility index (Phi) is 5.77. The first kappa shape index (κ1) is 21.0. The fourth-order valence-corrected chi connectivity index (χ4v) is 3.21. The van der Waals surface area contributed by atoms with Crippen LogP contribution in [0, 0.1) is 17.6 Å². The summed E-state index contributed by atoms with van der Waals surface area (Å²) < 4.78 is 81.4. The van der Waals surface area contributed by atoms with E-state index in [9.17, 15) is 26.3 Å². The number of nitrogens with zero attached hydrogens (tertiary/aromatic N) is 1. The second-order valence-corrected chi connectivity index (χ2v) is 6.93. The summed E-state index contributed by atoms with van der Waals surface area (Å²) in [5.74, 6) is -3.26. The van der Waals surface area contributed by atoms with E-state index in [1.54, 1.807) is 13.1 Å². The number of pyridine rings is 1. The van der Waals surface area contributed by atoms with Gasteiger partial charge in [0.25, 0.3) is 0 Å². The fraction of sp³-hybridized carbons (Fsp3) is 0.350. The van der Waals surface area contributed by atoms with Gasteiger partial charge in [-0.2, -0.15) is 17.6 Å². The quantitative estimate of drug-likeness (QED) is 0.504. The van der Waals surface area contributed by atoms with E-state index in [0.717, 1.165) is 30.7 Å². The second-order valence-electron chi connectivity index (χ2n) is 6.93. The van der Waals surface area contributed by atoms with Crippen LogP contribution in [0.15, 0.2) is 36.2 Å². The van der Waals surface area contributed by atoms with Crippen molar-refractivity contribution < 1.29 is 26.3 Å². The van der Waals surface area contributed by atoms with Crippen LogP contribution in [0.4, 0.5) is 26.3 Å². The Morgan fingerprint density at radius 2 is 1.86 bits per heavy atom. The van der Waals surface area contributed by atoms with Crippen molar-refractivity contribution in [3.05, 3.63) is 64.9 Å². The molecule has 0 saturated heterocycles. The van der Waals surface area contributed by atoms with Crippen molar-refractivity contribution in [1.82, 2.24) is 15.6 Å². The molecule has 9 heteroatoms. The van der Waals surface area contributed by atoms with Crippen molar-refractivity contribution in [2.75, 3.05) is 0 Å². The van der Waals surface area contributed by atoms with Crippen LogP contribution in [0.1, 0.15) is 43.9 Å². The lowest BCUT2D eigenvalue weighted by Crippen LogP contribution is -2.20. The zero-order valence-corrected chi connectivity index (χ0v) is 15.7. The van der Waals surface area contributed by atoms with Crippen molar-refractivity contribution >= 4 is 0 Å². The first-order valence-corrected chi connectivity index (χ1v) is 9.04. The molecule has 2 aromatic rings. The Balaban J connectivity index is 1.89. The minimum atomic E-state index is -4.84. The van der Waals surface area contributed by atoms with Crippen LogP contribution in [0.2, 0.25) is 0 Å². The predicted molar refractivity (Wildman–Crippen MR) is 96.0 cm³/mol. The predicted octanol–water partition coefficient (Wildman–Crippen LogP) is 5.45. The molecule has 0 saturated carbocycles. The van der Waals surface area contributed by atoms with Crippen LogP contribution < -0.4 is 10.6 Å². The summed E-state index contributed by atoms with van der Waals surface area (Å²) in [7, 11) is 0. The Morgan fingerprint density at radius 3 is 2.48 bits per heavy atom. The summed E-state index contributed by atoms with van der Waals surface area (Å²) in [5, 5.41) is 6.26. The molecule has 156 valence electrons. The summed E-state index contributed by atoms with van der Waals surface area (Å²) in [4.78, 5) is 3.29. The van der Waals surface area contributed by atoms with Gasteiger partial charge < -0.3 is 10.6 Å². The summed E-state index contributed by atoms with van der Waals surface area (Å²) in [5.41, 5.74) is -1.66. The normalized spacial score (nSPS) is 17.7. The van der Waals surface area contributed by atoms with E-state index in [0.29, 0.717) is 6.07 Å². The summed E-state index contributed by atoms with van der Waals surface area (Å²) >= 11 is 0. The summed E-state index contributed by atoms with van der Waals surface area (Å²) in [6.07, 6.45) is -1.43. The number of aromatic nitrogens is 1. The van der Waals surface area contributed by atoms with Gasteiger partial charge in [-0.25, -0.2) is 13.8 Å². The second kappa shape index (κ2) is 7.96. The molecule has 0 amide bonds. The lowest BCUT2D eigenvalue weighted by molar-refractivity contribution is -0.137. The Bertz CT molecular complexity index is 939. The molecular formula is C20H19F6N3. The zero-order chi connectivity index (χ0) is 21.3. The highest BCUT2D eigenvalue weighted by Gasteiger charge is 2.32. The SMILES string of the molecule is CC[C@H]1CC(NC(C)c2cc(F)c(-c3cc(C(F)(F)F)cc(F)n3)cc2F)=CN1. The van der Waals surface area contributed by atoms with Crippen molar-refractivity contribution in [2.45, 2.75) is 44.9 Å². The maximum absolute atomic E-state index is 14.6. The van der Waals surface area contributed by atoms with E-state index in [1.165, 1.54) is 0 Å². The molecule has 29 heavy (non-hydrogen) atoms. The standard InChI is InChI=1S/C20H19F6N3/c1-3-12-6-13(9-27-12)28-10(2)14-7-17(22)15(8-16(14)21)18-4-11(20(24,25)26)5-19(23)29-18/h4-5,7-10,12,27-28H,3,6H2,1-2H3/t10?,12-/m0/s1. The monoisotopic (exact) mass is 415 g/mol. The third kappa shape index (κ3) is 4.65. The topological polar surface area (TPSA) is 37.0 Å². The highest BCUT2D eigenvalue weighted by Crippen LogP contribution is 2.34. The van der Waals surface area contributed by atoms with E-state index >= 15 is 0 Å². The smallest absolute Gasteiger partial charge is 0.386 e. The summed E-state index contributed by atoms with van der Waals surface area (Å²) in [6, 6.07) is 2.00. The minimum Gasteiger partial charge on any atom is -0.386 e. The summed E-state index contributed by atoms with van der Waals surface area (Å²) in [6.45, 7) is 3.66. The molecule has 0 bridgehead atoms. The van der Waals surface area contributed by atoms with Gasteiger partial charge in [0.1, 0.15) is 11.6 Å². The molecular weight excluding hydrogens is 396 g/mol. The van der Waals surface area contributed by atoms with Crippen molar-refractivity contribution in [1.29, 1.82) is 0 Å². The fourth-order valence-electron chi connectivity index (χ4n) is 3.21. The Morgan fingerprint density at radius 1 is 1.14 bits per heavy atom. The molecule has 1 aliphatic heterocycles. The first-order valence-electron chi connectivity index (χ1n) is 9.04. The van der Waals surface area contributed by atoms with Gasteiger partial charge in [-0.3, -0.25) is 0 Å². The van der Waals surface area contributed by atoms with Crippen LogP contribution >= 0.6 is 0 Å². The lowest BCUT2D eigenvalue weighted by atomic mass is 10.0. The van der Waals surface area contributed by atoms with Gasteiger partial charge >= 0.3 is 6.18 Å². The molecule has 2 atom stereocenters. The van der Waals surface area contributed by atoms with Gasteiger partial charge in [-0.05, 0) is 31.5 Å². The third-order valence-electron chi connectivity index (χ3n) is 4.80. The number of alkyl halides is 3. The van der Waals surface area contributed by atoms with E-state index < -0.39 is 46.6 Å². The van der Waals surface area contributed by atoms with Gasteiger partial charge in [0.05, 0.1) is 17.3 Å². The number of nitrogens with one attached hydrogen (secondary N) is 2. The Labute approximate surface area is 163 Å². The Hall–Kier alpha value is -2.71. The molecule has 1 aromatic heterocycles. The first-order chi connectivity index (χ1) is 13.6. The molecule has 1 aliphatic rings. The van der Waals surface area contributed by atoms with Gasteiger partial charge in [-0.15, -0.1) is 0 Å². The van der Waals surface area contributed by atoms with Crippen LogP contribution in [-0.2, 0) is 6.18 Å². The third-order valence-corrected chi connectivity index (χ3v) is 4.80. The molecule has 2 N–H and O–H groups in total. The maximum atomic E-state index is 14.6. The number of halogens is 6. The van der Waals surface area contributed by atoms with Crippen LogP contribution in [0.5, 0.6) is 0 Å². The van der Waals surface area contributed by atoms with E-state index in [-0.39, 0.29) is 17.7 Å². The van der Waals surface area contributed by atoms with E-state index in [1.807, 2.05) is 6.92 Å². The number of hydrogen-bond donors (Lipinski definition) is 2. The molecule has 3 nitrogen and oxygen atoms in total. The molecule has 2 heterocycles. The van der Waals surface area contributed by atoms with Crippen LogP contribution in [0.3, 0.4) is 0 Å². The average Bonchev–Trinajstić information content (AvgIpc) is 3.09. The molecule has 0 fully saturated rings. The molecule has 1 aromatic carbocycles. The van der Waals surface area contributed by atoms with Gasteiger partial charge in [-0.1, -0.05) is 6.92 Å².